The second-order valence-electron chi connectivity index (χ2n) is 8.54. The molecule has 2 aliphatic heterocycles. The first-order chi connectivity index (χ1) is 17.3. The van der Waals surface area contributed by atoms with Gasteiger partial charge in [0.15, 0.2) is 11.5 Å². The third-order valence-corrected chi connectivity index (χ3v) is 6.52. The Morgan fingerprint density at radius 1 is 1.03 bits per heavy atom. The highest BCUT2D eigenvalue weighted by Crippen LogP contribution is 2.44. The Labute approximate surface area is 212 Å². The van der Waals surface area contributed by atoms with Crippen LogP contribution in [0.5, 0.6) is 17.2 Å². The number of hydrogen-bond acceptors (Lipinski definition) is 7. The molecule has 0 bridgehead atoms. The second kappa shape index (κ2) is 9.13. The monoisotopic (exact) mass is 506 g/mol. The lowest BCUT2D eigenvalue weighted by atomic mass is 9.94. The Morgan fingerprint density at radius 2 is 1.75 bits per heavy atom. The van der Waals surface area contributed by atoms with E-state index in [0.29, 0.717) is 34.1 Å². The van der Waals surface area contributed by atoms with Gasteiger partial charge < -0.3 is 24.2 Å². The van der Waals surface area contributed by atoms with Gasteiger partial charge in [0, 0.05) is 31.0 Å². The summed E-state index contributed by atoms with van der Waals surface area (Å²) in [7, 11) is 5.32. The van der Waals surface area contributed by atoms with Crippen molar-refractivity contribution >= 4 is 40.4 Å². The number of carbonyl (C=O) groups is 2. The van der Waals surface area contributed by atoms with Crippen molar-refractivity contribution in [3.05, 3.63) is 82.4 Å². The SMILES string of the molecule is COc1ccc(N2C(=O)C(=O)/C(=C(\O)c3ccc4c(c3)OCO4)C2c2ccc(N(C)C)cc2)cc1Cl. The highest BCUT2D eigenvalue weighted by molar-refractivity contribution is 6.51. The molecule has 0 aliphatic carbocycles. The number of aliphatic hydroxyl groups is 1. The number of fused-ring (bicyclic) bond motifs is 1. The van der Waals surface area contributed by atoms with Crippen LogP contribution in [0.2, 0.25) is 5.02 Å². The van der Waals surface area contributed by atoms with E-state index in [4.69, 9.17) is 25.8 Å². The summed E-state index contributed by atoms with van der Waals surface area (Å²) in [6, 6.07) is 16.2. The largest absolute Gasteiger partial charge is 0.507 e. The van der Waals surface area contributed by atoms with Crippen LogP contribution in [0.4, 0.5) is 11.4 Å². The standard InChI is InChI=1S/C27H23ClN2O6/c1-29(2)17-7-4-15(5-8-17)24-23(25(31)16-6-10-21-22(12-16)36-14-35-21)26(32)27(33)30(24)18-9-11-20(34-3)19(28)13-18/h4-13,24,31H,14H2,1-3H3/b25-23-. The summed E-state index contributed by atoms with van der Waals surface area (Å²) in [5, 5.41) is 11.6. The zero-order valence-corrected chi connectivity index (χ0v) is 20.6. The Bertz CT molecular complexity index is 1400. The number of nitrogens with zero attached hydrogens (tertiary/aromatic N) is 2. The van der Waals surface area contributed by atoms with E-state index in [2.05, 4.69) is 0 Å². The van der Waals surface area contributed by atoms with Gasteiger partial charge in [0.2, 0.25) is 6.79 Å². The lowest BCUT2D eigenvalue weighted by Gasteiger charge is -2.26. The zero-order chi connectivity index (χ0) is 25.6. The van der Waals surface area contributed by atoms with Crippen LogP contribution in [0.25, 0.3) is 5.76 Å². The smallest absolute Gasteiger partial charge is 0.300 e. The molecule has 0 aromatic heterocycles. The summed E-state index contributed by atoms with van der Waals surface area (Å²) < 4.78 is 16.0. The molecule has 0 spiro atoms. The van der Waals surface area contributed by atoms with Crippen molar-refractivity contribution in [1.29, 1.82) is 0 Å². The lowest BCUT2D eigenvalue weighted by molar-refractivity contribution is -0.132. The van der Waals surface area contributed by atoms with Crippen LogP contribution in [0.15, 0.2) is 66.2 Å². The first-order valence-electron chi connectivity index (χ1n) is 11.1. The average molecular weight is 507 g/mol. The number of rotatable bonds is 5. The van der Waals surface area contributed by atoms with Crippen molar-refractivity contribution in [3.8, 4) is 17.2 Å². The Morgan fingerprint density at radius 3 is 2.42 bits per heavy atom. The van der Waals surface area contributed by atoms with Crippen LogP contribution in [-0.2, 0) is 9.59 Å². The van der Waals surface area contributed by atoms with Gasteiger partial charge in [0.25, 0.3) is 11.7 Å². The topological polar surface area (TPSA) is 88.5 Å². The second-order valence-corrected chi connectivity index (χ2v) is 8.95. The highest BCUT2D eigenvalue weighted by Gasteiger charge is 2.47. The number of hydrogen-bond donors (Lipinski definition) is 1. The Kier molecular flexibility index (Phi) is 5.97. The fourth-order valence-corrected chi connectivity index (χ4v) is 4.63. The maximum atomic E-state index is 13.4. The molecule has 1 N–H and O–H groups in total. The normalized spacial score (nSPS) is 18.0. The molecule has 1 saturated heterocycles. The fraction of sp³-hybridized carbons (Fsp3) is 0.185. The molecule has 3 aromatic carbocycles. The minimum Gasteiger partial charge on any atom is -0.507 e. The molecule has 5 rings (SSSR count). The van der Waals surface area contributed by atoms with E-state index in [-0.39, 0.29) is 23.1 Å². The van der Waals surface area contributed by atoms with Gasteiger partial charge >= 0.3 is 0 Å². The third-order valence-electron chi connectivity index (χ3n) is 6.23. The molecule has 184 valence electrons. The number of carbonyl (C=O) groups excluding carboxylic acids is 2. The lowest BCUT2D eigenvalue weighted by Crippen LogP contribution is -2.29. The Balaban J connectivity index is 1.69. The van der Waals surface area contributed by atoms with Crippen LogP contribution in [-0.4, -0.2) is 44.8 Å². The van der Waals surface area contributed by atoms with Gasteiger partial charge in [0.1, 0.15) is 11.5 Å². The van der Waals surface area contributed by atoms with E-state index >= 15 is 0 Å². The fourth-order valence-electron chi connectivity index (χ4n) is 4.37. The molecule has 3 aromatic rings. The van der Waals surface area contributed by atoms with Crippen molar-refractivity contribution in [3.63, 3.8) is 0 Å². The minimum absolute atomic E-state index is 0.0385. The molecule has 0 radical (unpaired) electrons. The molecule has 2 heterocycles. The van der Waals surface area contributed by atoms with Gasteiger partial charge in [0.05, 0.1) is 23.7 Å². The average Bonchev–Trinajstić information content (AvgIpc) is 3.45. The molecule has 36 heavy (non-hydrogen) atoms. The number of benzene rings is 3. The number of aliphatic hydroxyl groups excluding tert-OH is 1. The summed E-state index contributed by atoms with van der Waals surface area (Å²) in [5.41, 5.74) is 2.28. The van der Waals surface area contributed by atoms with Crippen LogP contribution >= 0.6 is 11.6 Å². The van der Waals surface area contributed by atoms with Crippen molar-refractivity contribution < 1.29 is 28.9 Å². The van der Waals surface area contributed by atoms with E-state index in [0.717, 1.165) is 5.69 Å². The van der Waals surface area contributed by atoms with Crippen LogP contribution in [0, 0.1) is 0 Å². The van der Waals surface area contributed by atoms with Crippen molar-refractivity contribution in [2.24, 2.45) is 0 Å². The maximum absolute atomic E-state index is 13.4. The van der Waals surface area contributed by atoms with E-state index in [9.17, 15) is 14.7 Å². The molecule has 1 unspecified atom stereocenters. The summed E-state index contributed by atoms with van der Waals surface area (Å²) in [6.07, 6.45) is 0. The molecular weight excluding hydrogens is 484 g/mol. The molecular formula is C27H23ClN2O6. The number of Topliss-reactive ketones (excluding diaryl/α,β-unsaturated/α-hetero) is 1. The molecule has 1 fully saturated rings. The van der Waals surface area contributed by atoms with E-state index in [1.54, 1.807) is 36.4 Å². The van der Waals surface area contributed by atoms with Gasteiger partial charge in [-0.25, -0.2) is 0 Å². The number of amides is 1. The summed E-state index contributed by atoms with van der Waals surface area (Å²) >= 11 is 6.35. The van der Waals surface area contributed by atoms with Crippen LogP contribution in [0.1, 0.15) is 17.2 Å². The highest BCUT2D eigenvalue weighted by atomic mass is 35.5. The Hall–Kier alpha value is -4.17. The van der Waals surface area contributed by atoms with Gasteiger partial charge in [-0.05, 0) is 54.1 Å². The third kappa shape index (κ3) is 3.89. The van der Waals surface area contributed by atoms with Crippen LogP contribution < -0.4 is 24.0 Å². The number of halogens is 1. The van der Waals surface area contributed by atoms with Crippen LogP contribution in [0.3, 0.4) is 0 Å². The van der Waals surface area contributed by atoms with Gasteiger partial charge in [-0.1, -0.05) is 23.7 Å². The van der Waals surface area contributed by atoms with Crippen molar-refractivity contribution in [1.82, 2.24) is 0 Å². The molecule has 8 nitrogen and oxygen atoms in total. The van der Waals surface area contributed by atoms with E-state index in [1.165, 1.54) is 12.0 Å². The number of anilines is 2. The number of ether oxygens (including phenoxy) is 3. The first-order valence-corrected chi connectivity index (χ1v) is 11.5. The molecule has 2 aliphatic rings. The predicted molar refractivity (Wildman–Crippen MR) is 136 cm³/mol. The molecule has 1 atom stereocenters. The summed E-state index contributed by atoms with van der Waals surface area (Å²) in [6.45, 7) is 0.0698. The van der Waals surface area contributed by atoms with E-state index < -0.39 is 17.7 Å². The quantitative estimate of drug-likeness (QED) is 0.303. The van der Waals surface area contributed by atoms with Gasteiger partial charge in [-0.2, -0.15) is 0 Å². The summed E-state index contributed by atoms with van der Waals surface area (Å²) in [5.74, 6) is -0.475. The zero-order valence-electron chi connectivity index (χ0n) is 19.8. The van der Waals surface area contributed by atoms with E-state index in [1.807, 2.05) is 43.3 Å². The predicted octanol–water partition coefficient (Wildman–Crippen LogP) is 4.77. The minimum atomic E-state index is -0.893. The van der Waals surface area contributed by atoms with Crippen molar-refractivity contribution in [2.45, 2.75) is 6.04 Å². The molecule has 9 heteroatoms. The van der Waals surface area contributed by atoms with Crippen molar-refractivity contribution in [2.75, 3.05) is 37.8 Å². The maximum Gasteiger partial charge on any atom is 0.300 e. The molecule has 1 amide bonds. The summed E-state index contributed by atoms with van der Waals surface area (Å²) in [4.78, 5) is 30.0. The molecule has 0 saturated carbocycles. The van der Waals surface area contributed by atoms with Gasteiger partial charge in [-0.3, -0.25) is 14.5 Å². The first kappa shape index (κ1) is 23.6. The number of methoxy groups -OCH3 is 1. The number of ketones is 1. The van der Waals surface area contributed by atoms with Gasteiger partial charge in [-0.15, -0.1) is 0 Å².